The van der Waals surface area contributed by atoms with Crippen LogP contribution in [0.5, 0.6) is 5.75 Å². The van der Waals surface area contributed by atoms with Gasteiger partial charge in [0, 0.05) is 5.69 Å². The number of hydrogen-bond acceptors (Lipinski definition) is 4. The topological polar surface area (TPSA) is 75.6 Å². The molecule has 1 atom stereocenters. The number of ether oxygens (including phenoxy) is 1. The lowest BCUT2D eigenvalue weighted by Gasteiger charge is -2.13. The van der Waals surface area contributed by atoms with E-state index in [1.807, 2.05) is 0 Å². The molecule has 0 heterocycles. The third-order valence-electron chi connectivity index (χ3n) is 2.87. The third-order valence-corrected chi connectivity index (χ3v) is 2.87. The Morgan fingerprint density at radius 3 is 2.27 bits per heavy atom. The zero-order valence-electron chi connectivity index (χ0n) is 11.7. The van der Waals surface area contributed by atoms with Crippen molar-refractivity contribution in [2.75, 3.05) is 5.32 Å². The van der Waals surface area contributed by atoms with Crippen LogP contribution in [0.2, 0.25) is 0 Å². The maximum absolute atomic E-state index is 12.8. The van der Waals surface area contributed by atoms with E-state index in [1.54, 1.807) is 0 Å². The lowest BCUT2D eigenvalue weighted by molar-refractivity contribution is -0.123. The Kier molecular flexibility index (Phi) is 4.73. The first-order chi connectivity index (χ1) is 10.5. The molecule has 2 aromatic carbocycles. The number of aromatic hydroxyl groups is 1. The van der Waals surface area contributed by atoms with Crippen LogP contribution in [-0.4, -0.2) is 23.1 Å². The van der Waals surface area contributed by atoms with Gasteiger partial charge in [-0.3, -0.25) is 4.79 Å². The Balaban J connectivity index is 1.94. The quantitative estimate of drug-likeness (QED) is 0.852. The lowest BCUT2D eigenvalue weighted by atomic mass is 10.2. The van der Waals surface area contributed by atoms with E-state index < -0.39 is 23.8 Å². The standard InChI is InChI=1S/C16H14FNO4/c1-10(15(20)18-13-6-4-12(17)5-7-13)22-16(21)11-2-8-14(19)9-3-11/h2-10,19H,1H3,(H,18,20)/t10-/m0/s1. The summed E-state index contributed by atoms with van der Waals surface area (Å²) >= 11 is 0. The van der Waals surface area contributed by atoms with Crippen LogP contribution in [0.3, 0.4) is 0 Å². The van der Waals surface area contributed by atoms with Gasteiger partial charge in [0.25, 0.3) is 5.91 Å². The Morgan fingerprint density at radius 2 is 1.68 bits per heavy atom. The van der Waals surface area contributed by atoms with Crippen LogP contribution in [0.25, 0.3) is 0 Å². The summed E-state index contributed by atoms with van der Waals surface area (Å²) < 4.78 is 17.8. The fraction of sp³-hybridized carbons (Fsp3) is 0.125. The van der Waals surface area contributed by atoms with Crippen molar-refractivity contribution >= 4 is 17.6 Å². The van der Waals surface area contributed by atoms with Crippen LogP contribution < -0.4 is 5.32 Å². The van der Waals surface area contributed by atoms with Gasteiger partial charge in [-0.15, -0.1) is 0 Å². The van der Waals surface area contributed by atoms with Crippen molar-refractivity contribution in [2.24, 2.45) is 0 Å². The number of nitrogens with one attached hydrogen (secondary N) is 1. The number of hydrogen-bond donors (Lipinski definition) is 2. The molecule has 0 bridgehead atoms. The minimum absolute atomic E-state index is 0.0265. The van der Waals surface area contributed by atoms with Crippen molar-refractivity contribution in [2.45, 2.75) is 13.0 Å². The fourth-order valence-electron chi connectivity index (χ4n) is 1.66. The van der Waals surface area contributed by atoms with E-state index >= 15 is 0 Å². The molecule has 114 valence electrons. The summed E-state index contributed by atoms with van der Waals surface area (Å²) in [5.74, 6) is -1.59. The molecule has 0 aliphatic carbocycles. The average molecular weight is 303 g/mol. The van der Waals surface area contributed by atoms with Gasteiger partial charge < -0.3 is 15.2 Å². The van der Waals surface area contributed by atoms with Crippen LogP contribution in [-0.2, 0) is 9.53 Å². The lowest BCUT2D eigenvalue weighted by Crippen LogP contribution is -2.29. The summed E-state index contributed by atoms with van der Waals surface area (Å²) in [6.07, 6.45) is -1.02. The zero-order chi connectivity index (χ0) is 16.1. The smallest absolute Gasteiger partial charge is 0.338 e. The van der Waals surface area contributed by atoms with Crippen LogP contribution in [0, 0.1) is 5.82 Å². The highest BCUT2D eigenvalue weighted by Gasteiger charge is 2.19. The van der Waals surface area contributed by atoms with Crippen molar-refractivity contribution in [1.29, 1.82) is 0 Å². The van der Waals surface area contributed by atoms with Gasteiger partial charge in [0.1, 0.15) is 11.6 Å². The number of phenolic OH excluding ortho intramolecular Hbond substituents is 1. The monoisotopic (exact) mass is 303 g/mol. The van der Waals surface area contributed by atoms with Gasteiger partial charge in [-0.25, -0.2) is 9.18 Å². The summed E-state index contributed by atoms with van der Waals surface area (Å²) in [4.78, 5) is 23.7. The molecule has 1 amide bonds. The maximum atomic E-state index is 12.8. The summed E-state index contributed by atoms with van der Waals surface area (Å²) in [5, 5.41) is 11.7. The van der Waals surface area contributed by atoms with Gasteiger partial charge in [-0.2, -0.15) is 0 Å². The van der Waals surface area contributed by atoms with Crippen LogP contribution in [0.15, 0.2) is 48.5 Å². The number of carbonyl (C=O) groups excluding carboxylic acids is 2. The molecule has 0 aliphatic rings. The Morgan fingerprint density at radius 1 is 1.09 bits per heavy atom. The number of anilines is 1. The van der Waals surface area contributed by atoms with Gasteiger partial charge >= 0.3 is 5.97 Å². The van der Waals surface area contributed by atoms with Gasteiger partial charge in [-0.1, -0.05) is 0 Å². The number of esters is 1. The van der Waals surface area contributed by atoms with E-state index in [0.29, 0.717) is 5.69 Å². The molecule has 2 N–H and O–H groups in total. The molecule has 0 radical (unpaired) electrons. The number of amides is 1. The molecule has 0 fully saturated rings. The highest BCUT2D eigenvalue weighted by Crippen LogP contribution is 2.13. The predicted octanol–water partition coefficient (Wildman–Crippen LogP) is 2.72. The Bertz CT molecular complexity index is 668. The molecule has 0 spiro atoms. The van der Waals surface area contributed by atoms with Crippen molar-refractivity contribution < 1.29 is 23.8 Å². The maximum Gasteiger partial charge on any atom is 0.338 e. The molecule has 6 heteroatoms. The minimum Gasteiger partial charge on any atom is -0.508 e. The first-order valence-electron chi connectivity index (χ1n) is 6.52. The van der Waals surface area contributed by atoms with Crippen molar-refractivity contribution in [1.82, 2.24) is 0 Å². The highest BCUT2D eigenvalue weighted by molar-refractivity contribution is 5.97. The predicted molar refractivity (Wildman–Crippen MR) is 78.0 cm³/mol. The summed E-state index contributed by atoms with van der Waals surface area (Å²) in [7, 11) is 0. The minimum atomic E-state index is -1.02. The van der Waals surface area contributed by atoms with E-state index in [9.17, 15) is 14.0 Å². The summed E-state index contributed by atoms with van der Waals surface area (Å²) in [5.41, 5.74) is 0.623. The van der Waals surface area contributed by atoms with E-state index in [2.05, 4.69) is 5.32 Å². The Labute approximate surface area is 126 Å². The van der Waals surface area contributed by atoms with Gasteiger partial charge in [0.15, 0.2) is 6.10 Å². The zero-order valence-corrected chi connectivity index (χ0v) is 11.7. The van der Waals surface area contributed by atoms with Crippen molar-refractivity contribution in [3.05, 3.63) is 59.9 Å². The highest BCUT2D eigenvalue weighted by atomic mass is 19.1. The van der Waals surface area contributed by atoms with Gasteiger partial charge in [0.2, 0.25) is 0 Å². The molecular formula is C16H14FNO4. The van der Waals surface area contributed by atoms with E-state index in [1.165, 1.54) is 55.5 Å². The number of carbonyl (C=O) groups is 2. The third kappa shape index (κ3) is 4.05. The van der Waals surface area contributed by atoms with Crippen LogP contribution in [0.1, 0.15) is 17.3 Å². The average Bonchev–Trinajstić information content (AvgIpc) is 2.50. The molecule has 0 saturated heterocycles. The van der Waals surface area contributed by atoms with Crippen molar-refractivity contribution in [3.8, 4) is 5.75 Å². The molecule has 2 aromatic rings. The van der Waals surface area contributed by atoms with E-state index in [0.717, 1.165) is 0 Å². The molecule has 0 unspecified atom stereocenters. The SMILES string of the molecule is C[C@H](OC(=O)c1ccc(O)cc1)C(=O)Nc1ccc(F)cc1. The number of halogens is 1. The molecule has 2 rings (SSSR count). The molecule has 5 nitrogen and oxygen atoms in total. The molecule has 0 saturated carbocycles. The van der Waals surface area contributed by atoms with Gasteiger partial charge in [0.05, 0.1) is 5.56 Å². The molecule has 0 aromatic heterocycles. The van der Waals surface area contributed by atoms with E-state index in [-0.39, 0.29) is 11.3 Å². The second-order valence-electron chi connectivity index (χ2n) is 4.59. The van der Waals surface area contributed by atoms with Gasteiger partial charge in [-0.05, 0) is 55.5 Å². The van der Waals surface area contributed by atoms with Crippen LogP contribution >= 0.6 is 0 Å². The van der Waals surface area contributed by atoms with Crippen LogP contribution in [0.4, 0.5) is 10.1 Å². The number of phenols is 1. The summed E-state index contributed by atoms with van der Waals surface area (Å²) in [6, 6.07) is 10.7. The number of rotatable bonds is 4. The Hall–Kier alpha value is -2.89. The normalized spacial score (nSPS) is 11.5. The largest absolute Gasteiger partial charge is 0.508 e. The second-order valence-corrected chi connectivity index (χ2v) is 4.59. The number of benzene rings is 2. The first-order valence-corrected chi connectivity index (χ1v) is 6.52. The second kappa shape index (κ2) is 6.71. The van der Waals surface area contributed by atoms with E-state index in [4.69, 9.17) is 9.84 Å². The van der Waals surface area contributed by atoms with Crippen molar-refractivity contribution in [3.63, 3.8) is 0 Å². The first kappa shape index (κ1) is 15.5. The molecule has 0 aliphatic heterocycles. The molecular weight excluding hydrogens is 289 g/mol. The fourth-order valence-corrected chi connectivity index (χ4v) is 1.66. The molecule has 22 heavy (non-hydrogen) atoms. The summed E-state index contributed by atoms with van der Waals surface area (Å²) in [6.45, 7) is 1.43.